The molecular weight excluding hydrogens is 1480 g/mol. The Morgan fingerprint density at radius 2 is 0.758 bits per heavy atom. The Hall–Kier alpha value is -15.4. The number of benzene rings is 10. The van der Waals surface area contributed by atoms with E-state index < -0.39 is 0 Å². The molecule has 15 heteroatoms. The zero-order valence-corrected chi connectivity index (χ0v) is 68.3. The predicted molar refractivity (Wildman–Crippen MR) is 480 cm³/mol. The molecule has 25 rings (SSSR count). The summed E-state index contributed by atoms with van der Waals surface area (Å²) in [5.74, 6) is 0. The van der Waals surface area contributed by atoms with Gasteiger partial charge in [-0.15, -0.1) is 9.20 Å². The number of furan rings is 5. The number of hydrogen-bond acceptors (Lipinski definition) is 5. The topological polar surface area (TPSA) is 107 Å². The van der Waals surface area contributed by atoms with Gasteiger partial charge >= 0.3 is 0 Å². The molecule has 25 aromatic rings. The smallest absolute Gasteiger partial charge is 0.286 e. The molecule has 0 radical (unpaired) electrons. The third-order valence-corrected chi connectivity index (χ3v) is 24.1. The van der Waals surface area contributed by atoms with Gasteiger partial charge in [0.05, 0.1) is 67.3 Å². The lowest BCUT2D eigenvalue weighted by Crippen LogP contribution is -2.39. The molecule has 0 atom stereocenters. The van der Waals surface area contributed by atoms with Crippen LogP contribution in [0.3, 0.4) is 0 Å². The fraction of sp³-hybridized carbons (Fsp3) is 0.0952. The molecule has 580 valence electrons. The van der Waals surface area contributed by atoms with Crippen LogP contribution in [0.2, 0.25) is 0 Å². The van der Waals surface area contributed by atoms with Gasteiger partial charge in [-0.2, -0.15) is 9.13 Å². The summed E-state index contributed by atoms with van der Waals surface area (Å²) < 4.78 is 52.4. The molecule has 0 bridgehead atoms. The first-order chi connectivity index (χ1) is 58.6. The van der Waals surface area contributed by atoms with Crippen LogP contribution in [0.15, 0.2) is 357 Å². The van der Waals surface area contributed by atoms with Gasteiger partial charge in [-0.1, -0.05) is 127 Å². The van der Waals surface area contributed by atoms with Crippen molar-refractivity contribution in [2.24, 2.45) is 35.2 Å². The van der Waals surface area contributed by atoms with E-state index in [0.717, 1.165) is 89.6 Å². The summed E-state index contributed by atoms with van der Waals surface area (Å²) in [5.41, 5.74) is 33.2. The first-order valence-corrected chi connectivity index (χ1v) is 40.5. The van der Waals surface area contributed by atoms with Crippen LogP contribution in [0.25, 0.3) is 194 Å². The highest BCUT2D eigenvalue weighted by Gasteiger charge is 2.27. The Bertz CT molecular complexity index is 8030. The lowest BCUT2D eigenvalue weighted by atomic mass is 10.0. The lowest BCUT2D eigenvalue weighted by molar-refractivity contribution is -0.730. The molecule has 0 N–H and O–H groups in total. The summed E-state index contributed by atoms with van der Waals surface area (Å²) in [6.45, 7) is 10.7. The quantitative estimate of drug-likeness (QED) is 0.160. The molecule has 0 amide bonds. The van der Waals surface area contributed by atoms with Crippen molar-refractivity contribution in [1.29, 1.82) is 0 Å². The third-order valence-electron chi connectivity index (χ3n) is 24.1. The van der Waals surface area contributed by atoms with E-state index in [1.165, 1.54) is 132 Å². The van der Waals surface area contributed by atoms with E-state index in [2.05, 4.69) is 389 Å². The molecule has 0 saturated heterocycles. The maximum absolute atomic E-state index is 6.25. The van der Waals surface area contributed by atoms with Crippen molar-refractivity contribution < 1.29 is 45.0 Å². The summed E-state index contributed by atoms with van der Waals surface area (Å²) in [6.07, 6.45) is 23.1. The molecule has 0 fully saturated rings. The highest BCUT2D eigenvalue weighted by Crippen LogP contribution is 2.42. The number of para-hydroxylation sites is 5. The van der Waals surface area contributed by atoms with Gasteiger partial charge in [0.1, 0.15) is 110 Å². The molecule has 10 aromatic carbocycles. The highest BCUT2D eigenvalue weighted by atomic mass is 16.3. The minimum absolute atomic E-state index is 0.934. The van der Waals surface area contributed by atoms with E-state index in [1.807, 2.05) is 60.7 Å². The van der Waals surface area contributed by atoms with Crippen molar-refractivity contribution >= 4 is 137 Å². The molecule has 15 aromatic heterocycles. The van der Waals surface area contributed by atoms with Crippen LogP contribution in [0.1, 0.15) is 27.8 Å². The number of aromatic nitrogens is 10. The van der Waals surface area contributed by atoms with Crippen molar-refractivity contribution in [3.05, 3.63) is 363 Å². The molecule has 15 nitrogen and oxygen atoms in total. The maximum atomic E-state index is 6.25. The van der Waals surface area contributed by atoms with E-state index >= 15 is 0 Å². The summed E-state index contributed by atoms with van der Waals surface area (Å²) in [5, 5.41) is 11.7. The van der Waals surface area contributed by atoms with Crippen LogP contribution in [0.5, 0.6) is 0 Å². The fourth-order valence-electron chi connectivity index (χ4n) is 18.0. The summed E-state index contributed by atoms with van der Waals surface area (Å²) in [4.78, 5) is 0. The van der Waals surface area contributed by atoms with Crippen molar-refractivity contribution in [1.82, 2.24) is 22.1 Å². The molecule has 0 aliphatic heterocycles. The standard InChI is InChI=1S/5C21H17N2O/c1-14-9-11-17-16-7-3-4-8-19(16)24-21(17)20(14)18-12-10-15-6-5-13-23(15)22(18)2;1-14-9-10-17-16-7-3-4-8-19(16)24-21(17)20(14)18-13-23-11-5-6-15(23)12-22(18)2;1-14-9-10-17-16-7-3-4-8-19(16)24-21(17)20(14)18-12-15-6-5-11-23(15)13-22(18)2;1-14-12-17-15-6-3-4-8-19(15)24-20(17)13-16(14)21-18-7-5-9-23(18)11-10-22(21)2;1-14-12-20-17(15-6-3-4-7-19(15)24-20)13-16(14)18-9-11-23-10-5-8-21(23)22(18)2/h5*3-13H,1-2H3/q5*+1. The van der Waals surface area contributed by atoms with Gasteiger partial charge in [0.15, 0.2) is 19.4 Å². The third kappa shape index (κ3) is 12.1. The van der Waals surface area contributed by atoms with Crippen LogP contribution in [0.4, 0.5) is 0 Å². The van der Waals surface area contributed by atoms with Crippen LogP contribution < -0.4 is 23.0 Å². The van der Waals surface area contributed by atoms with Gasteiger partial charge in [0.25, 0.3) is 5.65 Å². The Morgan fingerprint density at radius 1 is 0.275 bits per heavy atom. The second kappa shape index (κ2) is 28.8. The zero-order valence-electron chi connectivity index (χ0n) is 68.3. The summed E-state index contributed by atoms with van der Waals surface area (Å²) >= 11 is 0. The van der Waals surface area contributed by atoms with Gasteiger partial charge in [-0.05, 0) is 178 Å². The number of hydrogen-bond donors (Lipinski definition) is 0. The Labute approximate surface area is 689 Å². The summed E-state index contributed by atoms with van der Waals surface area (Å²) in [6, 6.07) is 92.6. The van der Waals surface area contributed by atoms with Gasteiger partial charge in [-0.3, -0.25) is 0 Å². The number of nitrogens with zero attached hydrogens (tertiary/aromatic N) is 10. The second-order valence-electron chi connectivity index (χ2n) is 31.5. The van der Waals surface area contributed by atoms with Crippen molar-refractivity contribution in [3.8, 4) is 56.3 Å². The largest absolute Gasteiger partial charge is 0.456 e. The highest BCUT2D eigenvalue weighted by molar-refractivity contribution is 6.13. The molecule has 0 aliphatic carbocycles. The van der Waals surface area contributed by atoms with E-state index in [1.54, 1.807) is 0 Å². The van der Waals surface area contributed by atoms with E-state index in [-0.39, 0.29) is 0 Å². The van der Waals surface area contributed by atoms with Crippen molar-refractivity contribution in [2.75, 3.05) is 0 Å². The molecule has 0 saturated carbocycles. The molecule has 120 heavy (non-hydrogen) atoms. The number of rotatable bonds is 5. The van der Waals surface area contributed by atoms with E-state index in [0.29, 0.717) is 0 Å². The van der Waals surface area contributed by atoms with Crippen molar-refractivity contribution in [3.63, 3.8) is 0 Å². The number of aryl methyl sites for hydroxylation is 10. The first-order valence-electron chi connectivity index (χ1n) is 40.5. The van der Waals surface area contributed by atoms with Gasteiger partial charge in [0, 0.05) is 96.1 Å². The minimum Gasteiger partial charge on any atom is -0.456 e. The predicted octanol–water partition coefficient (Wildman–Crippen LogP) is 23.2. The van der Waals surface area contributed by atoms with Crippen LogP contribution in [-0.4, -0.2) is 22.1 Å². The average molecular weight is 1570 g/mol. The van der Waals surface area contributed by atoms with Crippen LogP contribution in [0, 0.1) is 34.6 Å². The first kappa shape index (κ1) is 72.4. The Morgan fingerprint density at radius 3 is 1.38 bits per heavy atom. The summed E-state index contributed by atoms with van der Waals surface area (Å²) in [7, 11) is 10.5. The number of fused-ring (bicyclic) bond motifs is 20. The van der Waals surface area contributed by atoms with Gasteiger partial charge in [-0.25, -0.2) is 17.9 Å². The maximum Gasteiger partial charge on any atom is 0.286 e. The normalized spacial score (nSPS) is 11.8. The molecule has 15 heterocycles. The lowest BCUT2D eigenvalue weighted by Gasteiger charge is -2.08. The Balaban J connectivity index is 0.0000000928. The zero-order chi connectivity index (χ0) is 81.3. The molecule has 0 aliphatic rings. The molecule has 0 unspecified atom stereocenters. The van der Waals surface area contributed by atoms with Crippen molar-refractivity contribution in [2.45, 2.75) is 34.6 Å². The molecular formula is C105H85N10O5+5. The van der Waals surface area contributed by atoms with Gasteiger partial charge < -0.3 is 30.9 Å². The monoisotopic (exact) mass is 1570 g/mol. The molecule has 0 spiro atoms. The Kier molecular flexibility index (Phi) is 17.4. The van der Waals surface area contributed by atoms with E-state index in [9.17, 15) is 0 Å². The van der Waals surface area contributed by atoms with Gasteiger partial charge in [0.2, 0.25) is 23.4 Å². The van der Waals surface area contributed by atoms with E-state index in [4.69, 9.17) is 22.1 Å². The van der Waals surface area contributed by atoms with Crippen LogP contribution >= 0.6 is 0 Å². The minimum atomic E-state index is 0.934. The second-order valence-corrected chi connectivity index (χ2v) is 31.5. The fourth-order valence-corrected chi connectivity index (χ4v) is 18.0. The van der Waals surface area contributed by atoms with Crippen LogP contribution in [-0.2, 0) is 35.2 Å². The SMILES string of the molecule is Cc1cc2c(cc1-c1c3cccn3cc[n+]1C)oc1ccccc12.Cc1cc2oc3ccccc3c2cc1-c1ccn2cccc2[n+]1C.Cc1ccc2c(oc3ccccc32)c1-c1cc2cccn2c[n+]1C.Cc1ccc2c(oc3ccccc32)c1-c1ccc2cccn2[n+]1C.Cc1ccc2c(oc3ccccc32)c1-c1cn2cccc2c[n+]1C. The average Bonchev–Trinajstić information content (AvgIpc) is 1.60.